The highest BCUT2D eigenvalue weighted by atomic mass is 19.4. The number of hydrogen-bond acceptors (Lipinski definition) is 4. The summed E-state index contributed by atoms with van der Waals surface area (Å²) in [5, 5.41) is 16.8. The Bertz CT molecular complexity index is 724. The van der Waals surface area contributed by atoms with Crippen LogP contribution in [-0.4, -0.2) is 70.5 Å². The Morgan fingerprint density at radius 3 is 2.53 bits per heavy atom. The van der Waals surface area contributed by atoms with Crippen LogP contribution in [0.1, 0.15) is 38.9 Å². The molecular formula is C20H33F3N6O. The third kappa shape index (κ3) is 6.21. The third-order valence-electron chi connectivity index (χ3n) is 5.17. The van der Waals surface area contributed by atoms with Crippen LogP contribution in [0.3, 0.4) is 0 Å². The van der Waals surface area contributed by atoms with Gasteiger partial charge in [-0.1, -0.05) is 12.2 Å². The van der Waals surface area contributed by atoms with Gasteiger partial charge in [-0.2, -0.15) is 13.2 Å². The van der Waals surface area contributed by atoms with E-state index in [9.17, 15) is 18.3 Å². The number of nitrogens with one attached hydrogen (secondary N) is 2. The lowest BCUT2D eigenvalue weighted by Crippen LogP contribution is -2.49. The van der Waals surface area contributed by atoms with Crippen molar-refractivity contribution in [2.75, 3.05) is 32.7 Å². The van der Waals surface area contributed by atoms with Crippen LogP contribution in [0.25, 0.3) is 0 Å². The van der Waals surface area contributed by atoms with Crippen LogP contribution in [-0.2, 0) is 12.6 Å². The zero-order valence-corrected chi connectivity index (χ0v) is 18.0. The van der Waals surface area contributed by atoms with E-state index < -0.39 is 24.0 Å². The number of likely N-dealkylation sites (tertiary alicyclic amines) is 1. The molecule has 1 fully saturated rings. The first-order chi connectivity index (χ1) is 14.1. The van der Waals surface area contributed by atoms with Gasteiger partial charge in [0.2, 0.25) is 5.60 Å². The first-order valence-electron chi connectivity index (χ1n) is 10.2. The molecule has 0 amide bonds. The van der Waals surface area contributed by atoms with Crippen molar-refractivity contribution in [3.8, 4) is 0 Å². The molecule has 30 heavy (non-hydrogen) atoms. The largest absolute Gasteiger partial charge is 0.424 e. The molecule has 1 unspecified atom stereocenters. The molecule has 0 aromatic carbocycles. The van der Waals surface area contributed by atoms with Crippen LogP contribution in [0.5, 0.6) is 0 Å². The van der Waals surface area contributed by atoms with E-state index in [2.05, 4.69) is 32.1 Å². The summed E-state index contributed by atoms with van der Waals surface area (Å²) < 4.78 is 42.1. The quantitative estimate of drug-likeness (QED) is 0.335. The summed E-state index contributed by atoms with van der Waals surface area (Å²) in [5.74, 6) is 0.0215. The number of alkyl halides is 3. The molecule has 1 aromatic rings. The highest BCUT2D eigenvalue weighted by Gasteiger charge is 2.57. The van der Waals surface area contributed by atoms with Gasteiger partial charge in [-0.15, -0.1) is 0 Å². The zero-order chi connectivity index (χ0) is 22.4. The number of rotatable bonds is 8. The number of aromatic nitrogens is 2. The van der Waals surface area contributed by atoms with E-state index in [1.54, 1.807) is 0 Å². The van der Waals surface area contributed by atoms with Crippen molar-refractivity contribution in [3.63, 3.8) is 0 Å². The first kappa shape index (κ1) is 24.2. The number of guanidine groups is 1. The molecule has 7 nitrogen and oxygen atoms in total. The molecule has 0 aliphatic carbocycles. The summed E-state index contributed by atoms with van der Waals surface area (Å²) in [6.45, 7) is 11.0. The molecule has 1 aliphatic rings. The average Bonchev–Trinajstić information content (AvgIpc) is 3.08. The second-order valence-corrected chi connectivity index (χ2v) is 7.88. The van der Waals surface area contributed by atoms with Gasteiger partial charge in [0.1, 0.15) is 5.82 Å². The van der Waals surface area contributed by atoms with Gasteiger partial charge in [0.05, 0.1) is 0 Å². The number of halogens is 3. The maximum absolute atomic E-state index is 13.6. The van der Waals surface area contributed by atoms with Gasteiger partial charge in [0.15, 0.2) is 5.96 Å². The zero-order valence-electron chi connectivity index (χ0n) is 18.0. The number of imidazole rings is 1. The first-order valence-corrected chi connectivity index (χ1v) is 10.2. The molecule has 1 aromatic heterocycles. The molecule has 1 aliphatic heterocycles. The Hall–Kier alpha value is -2.07. The number of hydrogen-bond donors (Lipinski definition) is 3. The van der Waals surface area contributed by atoms with Gasteiger partial charge >= 0.3 is 6.18 Å². The average molecular weight is 431 g/mol. The fourth-order valence-corrected chi connectivity index (χ4v) is 3.60. The summed E-state index contributed by atoms with van der Waals surface area (Å²) in [5.41, 5.74) is -1.93. The number of aryl methyl sites for hydroxylation is 1. The van der Waals surface area contributed by atoms with Crippen molar-refractivity contribution < 1.29 is 18.3 Å². The Morgan fingerprint density at radius 2 is 2.03 bits per heavy atom. The smallest absolute Gasteiger partial charge is 0.374 e. The fraction of sp³-hybridized carbons (Fsp3) is 0.700. The maximum Gasteiger partial charge on any atom is 0.424 e. The van der Waals surface area contributed by atoms with Crippen molar-refractivity contribution in [1.82, 2.24) is 25.1 Å². The van der Waals surface area contributed by atoms with Crippen molar-refractivity contribution in [3.05, 3.63) is 30.4 Å². The van der Waals surface area contributed by atoms with Crippen molar-refractivity contribution >= 4 is 5.96 Å². The van der Waals surface area contributed by atoms with Gasteiger partial charge in [0, 0.05) is 64.6 Å². The SMILES string of the molecule is C=C(C)CN1CCC(NC(=NCCC(O)(c2nccn2C)C(F)(F)F)NCC)CC1. The van der Waals surface area contributed by atoms with Crippen LogP contribution >= 0.6 is 0 Å². The molecule has 0 radical (unpaired) electrons. The lowest BCUT2D eigenvalue weighted by molar-refractivity contribution is -0.272. The maximum atomic E-state index is 13.6. The van der Waals surface area contributed by atoms with Crippen molar-refractivity contribution in [1.29, 1.82) is 0 Å². The molecule has 2 heterocycles. The topological polar surface area (TPSA) is 77.7 Å². The molecule has 2 rings (SSSR count). The predicted molar refractivity (Wildman–Crippen MR) is 111 cm³/mol. The normalized spacial score (nSPS) is 18.8. The van der Waals surface area contributed by atoms with E-state index in [0.717, 1.165) is 38.0 Å². The van der Waals surface area contributed by atoms with E-state index in [-0.39, 0.29) is 12.6 Å². The molecule has 170 valence electrons. The monoisotopic (exact) mass is 430 g/mol. The van der Waals surface area contributed by atoms with E-state index in [0.29, 0.717) is 12.5 Å². The minimum absolute atomic E-state index is 0.195. The Morgan fingerprint density at radius 1 is 1.37 bits per heavy atom. The van der Waals surface area contributed by atoms with Crippen LogP contribution in [0, 0.1) is 0 Å². The van der Waals surface area contributed by atoms with Gasteiger partial charge < -0.3 is 20.3 Å². The summed E-state index contributed by atoms with van der Waals surface area (Å²) in [7, 11) is 1.42. The number of aliphatic hydroxyl groups is 1. The van der Waals surface area contributed by atoms with Crippen molar-refractivity contribution in [2.45, 2.75) is 50.9 Å². The second-order valence-electron chi connectivity index (χ2n) is 7.88. The Balaban J connectivity index is 2.00. The number of aliphatic imine (C=N–C) groups is 1. The molecule has 0 spiro atoms. The minimum atomic E-state index is -4.86. The minimum Gasteiger partial charge on any atom is -0.374 e. The van der Waals surface area contributed by atoms with E-state index >= 15 is 0 Å². The standard InChI is InChI=1S/C20H33F3N6O/c1-5-24-18(27-16-6-11-29(12-7-16)14-15(2)3)26-9-8-19(30,20(21,22)23)17-25-10-13-28(17)4/h10,13,16,30H,2,5-9,11-12,14H2,1,3-4H3,(H2,24,26,27). The summed E-state index contributed by atoms with van der Waals surface area (Å²) in [4.78, 5) is 10.3. The van der Waals surface area contributed by atoms with Gasteiger partial charge in [-0.25, -0.2) is 4.98 Å². The van der Waals surface area contributed by atoms with E-state index in [1.807, 2.05) is 13.8 Å². The molecule has 10 heteroatoms. The summed E-state index contributed by atoms with van der Waals surface area (Å²) in [6, 6.07) is 0.195. The molecule has 0 bridgehead atoms. The van der Waals surface area contributed by atoms with Crippen LogP contribution in [0.4, 0.5) is 13.2 Å². The Labute approximate surface area is 176 Å². The lowest BCUT2D eigenvalue weighted by atomic mass is 9.98. The Kier molecular flexibility index (Phi) is 8.31. The molecule has 0 saturated carbocycles. The van der Waals surface area contributed by atoms with Crippen LogP contribution in [0.2, 0.25) is 0 Å². The van der Waals surface area contributed by atoms with E-state index in [4.69, 9.17) is 0 Å². The number of nitrogens with zero attached hydrogens (tertiary/aromatic N) is 4. The van der Waals surface area contributed by atoms with Gasteiger partial charge in [-0.3, -0.25) is 9.89 Å². The van der Waals surface area contributed by atoms with Crippen LogP contribution < -0.4 is 10.6 Å². The highest BCUT2D eigenvalue weighted by molar-refractivity contribution is 5.80. The molecule has 1 saturated heterocycles. The number of piperidine rings is 1. The predicted octanol–water partition coefficient (Wildman–Crippen LogP) is 2.16. The summed E-state index contributed by atoms with van der Waals surface area (Å²) in [6.07, 6.45) is -1.03. The van der Waals surface area contributed by atoms with Crippen LogP contribution in [0.15, 0.2) is 29.5 Å². The van der Waals surface area contributed by atoms with Crippen molar-refractivity contribution in [2.24, 2.45) is 12.0 Å². The highest BCUT2D eigenvalue weighted by Crippen LogP contribution is 2.40. The van der Waals surface area contributed by atoms with Gasteiger partial charge in [0.25, 0.3) is 0 Å². The van der Waals surface area contributed by atoms with E-state index in [1.165, 1.54) is 24.0 Å². The second kappa shape index (κ2) is 10.3. The van der Waals surface area contributed by atoms with Gasteiger partial charge in [-0.05, 0) is 26.7 Å². The molecular weight excluding hydrogens is 397 g/mol. The molecule has 1 atom stereocenters. The lowest BCUT2D eigenvalue weighted by Gasteiger charge is -2.33. The summed E-state index contributed by atoms with van der Waals surface area (Å²) >= 11 is 0. The molecule has 3 N–H and O–H groups in total. The third-order valence-corrected chi connectivity index (χ3v) is 5.17. The fourth-order valence-electron chi connectivity index (χ4n) is 3.60.